The van der Waals surface area contributed by atoms with Gasteiger partial charge in [0.2, 0.25) is 0 Å². The maximum atomic E-state index is 13.8. The number of benzene rings is 2. The molecule has 9 nitrogen and oxygen atoms in total. The van der Waals surface area contributed by atoms with Crippen molar-refractivity contribution in [3.63, 3.8) is 0 Å². The van der Waals surface area contributed by atoms with Gasteiger partial charge in [-0.3, -0.25) is 9.36 Å². The van der Waals surface area contributed by atoms with Gasteiger partial charge < -0.3 is 24.1 Å². The van der Waals surface area contributed by atoms with Gasteiger partial charge in [0.25, 0.3) is 5.56 Å². The van der Waals surface area contributed by atoms with E-state index in [0.717, 1.165) is 12.8 Å². The van der Waals surface area contributed by atoms with Gasteiger partial charge in [-0.1, -0.05) is 36.8 Å². The molecular weight excluding hydrogens is 508 g/mol. The summed E-state index contributed by atoms with van der Waals surface area (Å²) in [5.41, 5.74) is 1.73. The molecular formula is C28H30N2O7S. The Morgan fingerprint density at radius 2 is 1.87 bits per heavy atom. The third-order valence-corrected chi connectivity index (χ3v) is 7.17. The van der Waals surface area contributed by atoms with E-state index in [1.54, 1.807) is 44.4 Å². The highest BCUT2D eigenvalue weighted by Gasteiger charge is 2.33. The number of fused-ring (bicyclic) bond motifs is 1. The summed E-state index contributed by atoms with van der Waals surface area (Å²) in [5, 5.41) is 9.92. The minimum Gasteiger partial charge on any atom is -0.504 e. The normalized spacial score (nSPS) is 15.1. The Kier molecular flexibility index (Phi) is 8.21. The molecule has 4 rings (SSSR count). The van der Waals surface area contributed by atoms with Gasteiger partial charge >= 0.3 is 5.97 Å². The number of carbonyl (C=O) groups excluding carboxylic acids is 1. The van der Waals surface area contributed by atoms with Crippen LogP contribution in [0.4, 0.5) is 0 Å². The molecule has 0 radical (unpaired) electrons. The molecule has 1 unspecified atom stereocenters. The number of phenolic OH excluding ortho intramolecular Hbond substituents is 1. The Hall–Kier alpha value is -4.05. The summed E-state index contributed by atoms with van der Waals surface area (Å²) in [5.74, 6) is 0.799. The third-order valence-electron chi connectivity index (χ3n) is 6.19. The molecule has 0 aliphatic carbocycles. The highest BCUT2D eigenvalue weighted by Crippen LogP contribution is 2.36. The van der Waals surface area contributed by atoms with Crippen LogP contribution in [0.5, 0.6) is 23.0 Å². The lowest BCUT2D eigenvalue weighted by molar-refractivity contribution is -0.136. The van der Waals surface area contributed by atoms with Crippen LogP contribution in [0.3, 0.4) is 0 Å². The van der Waals surface area contributed by atoms with Crippen molar-refractivity contribution in [1.82, 2.24) is 4.57 Å². The summed E-state index contributed by atoms with van der Waals surface area (Å²) < 4.78 is 23.6. The summed E-state index contributed by atoms with van der Waals surface area (Å²) >= 11 is 1.21. The third kappa shape index (κ3) is 5.17. The van der Waals surface area contributed by atoms with Crippen LogP contribution in [0.1, 0.15) is 43.9 Å². The number of hydrogen-bond acceptors (Lipinski definition) is 9. The molecule has 1 N–H and O–H groups in total. The number of carbonyl (C=O) groups is 1. The predicted molar refractivity (Wildman–Crippen MR) is 144 cm³/mol. The molecule has 0 saturated heterocycles. The standard InChI is InChI=1S/C28H30N2O7S/c1-6-7-12-37-20-11-9-18(15-22(20)35-4)25-24(27(33)36-5)16(2)29-28-30(25)26(32)23(38-28)14-17-8-10-19(31)21(13-17)34-3/h8-11,13-15,25,31H,6-7,12H2,1-5H3/b23-14-. The summed E-state index contributed by atoms with van der Waals surface area (Å²) in [7, 11) is 4.30. The molecule has 3 aromatic rings. The molecule has 1 aliphatic rings. The van der Waals surface area contributed by atoms with E-state index in [-0.39, 0.29) is 16.9 Å². The van der Waals surface area contributed by atoms with Crippen molar-refractivity contribution in [2.75, 3.05) is 27.9 Å². The van der Waals surface area contributed by atoms with E-state index < -0.39 is 12.0 Å². The Labute approximate surface area is 223 Å². The molecule has 1 aliphatic heterocycles. The molecule has 1 aromatic heterocycles. The van der Waals surface area contributed by atoms with Crippen molar-refractivity contribution in [3.05, 3.63) is 78.5 Å². The van der Waals surface area contributed by atoms with Crippen LogP contribution < -0.4 is 29.1 Å². The number of phenols is 1. The molecule has 2 heterocycles. The number of nitrogens with zero attached hydrogens (tertiary/aromatic N) is 2. The fourth-order valence-electron chi connectivity index (χ4n) is 4.24. The zero-order valence-corrected chi connectivity index (χ0v) is 22.8. The lowest BCUT2D eigenvalue weighted by atomic mass is 9.95. The molecule has 38 heavy (non-hydrogen) atoms. The molecule has 0 spiro atoms. The first-order valence-corrected chi connectivity index (χ1v) is 12.9. The van der Waals surface area contributed by atoms with Crippen LogP contribution in [0.2, 0.25) is 0 Å². The van der Waals surface area contributed by atoms with E-state index in [2.05, 4.69) is 11.9 Å². The number of unbranched alkanes of at least 4 members (excludes halogenated alkanes) is 1. The molecule has 0 saturated carbocycles. The maximum absolute atomic E-state index is 13.8. The number of allylic oxidation sites excluding steroid dienone is 1. The van der Waals surface area contributed by atoms with Crippen molar-refractivity contribution < 1.29 is 28.8 Å². The maximum Gasteiger partial charge on any atom is 0.338 e. The topological polar surface area (TPSA) is 109 Å². The highest BCUT2D eigenvalue weighted by molar-refractivity contribution is 7.07. The summed E-state index contributed by atoms with van der Waals surface area (Å²) in [4.78, 5) is 31.7. The van der Waals surface area contributed by atoms with Crippen molar-refractivity contribution in [1.29, 1.82) is 0 Å². The van der Waals surface area contributed by atoms with Gasteiger partial charge in [-0.2, -0.15) is 0 Å². The minimum absolute atomic E-state index is 0.000484. The number of esters is 1. The number of thiazole rings is 1. The molecule has 200 valence electrons. The molecule has 0 bridgehead atoms. The number of aromatic hydroxyl groups is 1. The first-order chi connectivity index (χ1) is 18.3. The van der Waals surface area contributed by atoms with Crippen molar-refractivity contribution in [2.45, 2.75) is 32.7 Å². The average molecular weight is 539 g/mol. The molecule has 0 fully saturated rings. The number of ether oxygens (including phenoxy) is 4. The quantitative estimate of drug-likeness (QED) is 0.329. The van der Waals surface area contributed by atoms with Crippen LogP contribution in [-0.4, -0.2) is 43.6 Å². The van der Waals surface area contributed by atoms with Crippen LogP contribution in [-0.2, 0) is 9.53 Å². The van der Waals surface area contributed by atoms with E-state index in [1.165, 1.54) is 36.2 Å². The van der Waals surface area contributed by atoms with E-state index in [0.29, 0.717) is 50.0 Å². The van der Waals surface area contributed by atoms with Crippen LogP contribution in [0.25, 0.3) is 6.08 Å². The van der Waals surface area contributed by atoms with Crippen LogP contribution in [0.15, 0.2) is 57.5 Å². The van der Waals surface area contributed by atoms with Crippen LogP contribution >= 0.6 is 11.3 Å². The highest BCUT2D eigenvalue weighted by atomic mass is 32.1. The predicted octanol–water partition coefficient (Wildman–Crippen LogP) is 3.31. The lowest BCUT2D eigenvalue weighted by Crippen LogP contribution is -2.39. The van der Waals surface area contributed by atoms with Crippen molar-refractivity contribution in [2.24, 2.45) is 4.99 Å². The fourth-order valence-corrected chi connectivity index (χ4v) is 5.29. The zero-order valence-electron chi connectivity index (χ0n) is 21.9. The van der Waals surface area contributed by atoms with Gasteiger partial charge in [-0.05, 0) is 54.8 Å². The van der Waals surface area contributed by atoms with Gasteiger partial charge in [-0.15, -0.1) is 0 Å². The average Bonchev–Trinajstić information content (AvgIpc) is 3.22. The lowest BCUT2D eigenvalue weighted by Gasteiger charge is -2.25. The van der Waals surface area contributed by atoms with Crippen molar-refractivity contribution in [3.8, 4) is 23.0 Å². The SMILES string of the molecule is CCCCOc1ccc(C2C(C(=O)OC)=C(C)N=c3s/c(=C\c4ccc(O)c(OC)c4)c(=O)n32)cc1OC. The first-order valence-electron chi connectivity index (χ1n) is 12.1. The van der Waals surface area contributed by atoms with Gasteiger partial charge in [0, 0.05) is 0 Å². The summed E-state index contributed by atoms with van der Waals surface area (Å²) in [6, 6.07) is 9.41. The number of rotatable bonds is 9. The second-order valence-corrected chi connectivity index (χ2v) is 9.63. The minimum atomic E-state index is -0.784. The Bertz CT molecular complexity index is 1570. The fraction of sp³-hybridized carbons (Fsp3) is 0.321. The second kappa shape index (κ2) is 11.6. The Morgan fingerprint density at radius 3 is 2.55 bits per heavy atom. The number of hydrogen-bond donors (Lipinski definition) is 1. The zero-order chi connectivity index (χ0) is 27.4. The van der Waals surface area contributed by atoms with E-state index >= 15 is 0 Å². The van der Waals surface area contributed by atoms with Gasteiger partial charge in [0.1, 0.15) is 0 Å². The summed E-state index contributed by atoms with van der Waals surface area (Å²) in [6.07, 6.45) is 3.60. The second-order valence-electron chi connectivity index (χ2n) is 8.62. The monoisotopic (exact) mass is 538 g/mol. The van der Waals surface area contributed by atoms with Gasteiger partial charge in [-0.25, -0.2) is 9.79 Å². The number of aromatic nitrogens is 1. The first kappa shape index (κ1) is 27.0. The van der Waals surface area contributed by atoms with E-state index in [9.17, 15) is 14.7 Å². The Balaban J connectivity index is 1.89. The van der Waals surface area contributed by atoms with Gasteiger partial charge in [0.15, 0.2) is 27.8 Å². The van der Waals surface area contributed by atoms with Gasteiger partial charge in [0.05, 0.1) is 49.8 Å². The van der Waals surface area contributed by atoms with Crippen molar-refractivity contribution >= 4 is 23.4 Å². The number of methoxy groups -OCH3 is 3. The van der Waals surface area contributed by atoms with E-state index in [1.807, 2.05) is 6.07 Å². The molecule has 1 atom stereocenters. The molecule has 0 amide bonds. The largest absolute Gasteiger partial charge is 0.504 e. The van der Waals surface area contributed by atoms with E-state index in [4.69, 9.17) is 18.9 Å². The smallest absolute Gasteiger partial charge is 0.338 e. The molecule has 10 heteroatoms. The summed E-state index contributed by atoms with van der Waals surface area (Å²) in [6.45, 7) is 4.36. The molecule has 2 aromatic carbocycles. The Morgan fingerprint density at radius 1 is 1.11 bits per heavy atom. The van der Waals surface area contributed by atoms with Crippen LogP contribution in [0, 0.1) is 0 Å².